The number of carbonyl (C=O) groups is 1. The van der Waals surface area contributed by atoms with Crippen molar-refractivity contribution < 1.29 is 19.4 Å². The lowest BCUT2D eigenvalue weighted by molar-refractivity contribution is 0.000768. The number of aromatic carboxylic acids is 1. The highest BCUT2D eigenvalue weighted by atomic mass is 35.5. The average Bonchev–Trinajstić information content (AvgIpc) is 3.08. The quantitative estimate of drug-likeness (QED) is 0.206. The Labute approximate surface area is 247 Å². The number of ether oxygens (including phenoxy) is 2. The highest BCUT2D eigenvalue weighted by Gasteiger charge is 2.42. The van der Waals surface area contributed by atoms with Crippen LogP contribution < -0.4 is 14.8 Å². The summed E-state index contributed by atoms with van der Waals surface area (Å²) in [5.41, 5.74) is 5.12. The van der Waals surface area contributed by atoms with Crippen molar-refractivity contribution in [3.05, 3.63) is 69.8 Å². The second kappa shape index (κ2) is 13.2. The van der Waals surface area contributed by atoms with Crippen LogP contribution in [0, 0.1) is 17.8 Å². The first-order valence-electron chi connectivity index (χ1n) is 14.5. The van der Waals surface area contributed by atoms with Gasteiger partial charge in [0.25, 0.3) is 0 Å². The topological polar surface area (TPSA) is 85.0 Å². The van der Waals surface area contributed by atoms with Gasteiger partial charge < -0.3 is 19.5 Å². The molecule has 0 bridgehead atoms. The average molecular weight is 585 g/mol. The SMILES string of the molecule is CCCc1cc(Cl)ccc1C1COc2ccc(C(=O)O)cc2N(CC2CCC2C(OC)C2=CC(CCSN)C2)C1. The molecule has 0 amide bonds. The third kappa shape index (κ3) is 6.33. The summed E-state index contributed by atoms with van der Waals surface area (Å²) in [5, 5.41) is 16.1. The number of halogens is 1. The normalized spacial score (nSPS) is 24.6. The van der Waals surface area contributed by atoms with Crippen molar-refractivity contribution in [3.8, 4) is 5.75 Å². The van der Waals surface area contributed by atoms with Gasteiger partial charge in [-0.2, -0.15) is 0 Å². The molecule has 5 unspecified atom stereocenters. The fourth-order valence-corrected chi connectivity index (χ4v) is 7.37. The van der Waals surface area contributed by atoms with Crippen molar-refractivity contribution in [3.63, 3.8) is 0 Å². The molecular weight excluding hydrogens is 544 g/mol. The van der Waals surface area contributed by atoms with Crippen LogP contribution in [0.1, 0.15) is 66.4 Å². The van der Waals surface area contributed by atoms with Crippen molar-refractivity contribution in [2.75, 3.05) is 37.5 Å². The highest BCUT2D eigenvalue weighted by Crippen LogP contribution is 2.46. The summed E-state index contributed by atoms with van der Waals surface area (Å²) in [6.07, 6.45) is 9.07. The first-order valence-corrected chi connectivity index (χ1v) is 15.9. The summed E-state index contributed by atoms with van der Waals surface area (Å²) in [6.45, 7) is 4.33. The first-order chi connectivity index (χ1) is 19.4. The van der Waals surface area contributed by atoms with E-state index in [1.165, 1.54) is 28.6 Å². The van der Waals surface area contributed by atoms with Crippen molar-refractivity contribution >= 4 is 35.2 Å². The van der Waals surface area contributed by atoms with Gasteiger partial charge in [-0.3, -0.25) is 5.14 Å². The van der Waals surface area contributed by atoms with Gasteiger partial charge in [-0.05, 0) is 96.9 Å². The van der Waals surface area contributed by atoms with Gasteiger partial charge in [0, 0.05) is 36.9 Å². The molecule has 3 aliphatic rings. The van der Waals surface area contributed by atoms with Crippen molar-refractivity contribution in [2.24, 2.45) is 22.9 Å². The minimum Gasteiger partial charge on any atom is -0.491 e. The molecule has 2 aromatic rings. The summed E-state index contributed by atoms with van der Waals surface area (Å²) < 4.78 is 12.5. The summed E-state index contributed by atoms with van der Waals surface area (Å²) in [5.74, 6) is 2.50. The van der Waals surface area contributed by atoms with Gasteiger partial charge in [-0.15, -0.1) is 0 Å². The summed E-state index contributed by atoms with van der Waals surface area (Å²) >= 11 is 7.80. The van der Waals surface area contributed by atoms with Crippen LogP contribution in [0.25, 0.3) is 0 Å². The highest BCUT2D eigenvalue weighted by molar-refractivity contribution is 7.97. The van der Waals surface area contributed by atoms with Crippen LogP contribution in [0.2, 0.25) is 5.02 Å². The van der Waals surface area contributed by atoms with Crippen LogP contribution in [-0.4, -0.2) is 49.7 Å². The summed E-state index contributed by atoms with van der Waals surface area (Å²) in [7, 11) is 1.84. The summed E-state index contributed by atoms with van der Waals surface area (Å²) in [6, 6.07) is 11.4. The molecule has 40 heavy (non-hydrogen) atoms. The number of carboxylic acids is 1. The smallest absolute Gasteiger partial charge is 0.335 e. The minimum absolute atomic E-state index is 0.145. The third-order valence-corrected chi connectivity index (χ3v) is 9.69. The molecule has 0 radical (unpaired) electrons. The van der Waals surface area contributed by atoms with E-state index in [-0.39, 0.29) is 17.6 Å². The number of carboxylic acid groups (broad SMARTS) is 1. The third-order valence-electron chi connectivity index (χ3n) is 8.99. The van der Waals surface area contributed by atoms with Gasteiger partial charge in [-0.25, -0.2) is 4.79 Å². The van der Waals surface area contributed by atoms with Crippen LogP contribution in [0.5, 0.6) is 5.75 Å². The molecule has 2 aliphatic carbocycles. The lowest BCUT2D eigenvalue weighted by Crippen LogP contribution is -2.46. The van der Waals surface area contributed by atoms with Gasteiger partial charge in [0.2, 0.25) is 0 Å². The molecular formula is C32H41ClN2O4S. The number of benzene rings is 2. The number of rotatable bonds is 12. The van der Waals surface area contributed by atoms with Crippen molar-refractivity contribution in [1.29, 1.82) is 0 Å². The van der Waals surface area contributed by atoms with Gasteiger partial charge in [0.15, 0.2) is 0 Å². The van der Waals surface area contributed by atoms with Crippen LogP contribution in [-0.2, 0) is 11.2 Å². The van der Waals surface area contributed by atoms with Gasteiger partial charge >= 0.3 is 5.97 Å². The van der Waals surface area contributed by atoms with Gasteiger partial charge in [-0.1, -0.05) is 49.0 Å². The van der Waals surface area contributed by atoms with E-state index in [9.17, 15) is 9.90 Å². The Morgan fingerprint density at radius 1 is 1.27 bits per heavy atom. The maximum Gasteiger partial charge on any atom is 0.335 e. The Balaban J connectivity index is 1.40. The standard InChI is InChI=1S/C32H41ClN2O4S/c1-3-4-21-15-26(33)7-9-27(21)25-18-35(29-16-22(32(36)37)6-10-30(29)39-19-25)17-23-5-8-28(23)31(38-2)24-13-20(14-24)11-12-40-34/h6-7,9-10,13,15-16,20,23,25,28,31H,3-5,8,11-12,14,17-19,34H2,1-2H3,(H,36,37). The summed E-state index contributed by atoms with van der Waals surface area (Å²) in [4.78, 5) is 14.3. The maximum atomic E-state index is 11.9. The molecule has 2 aromatic carbocycles. The molecule has 1 fully saturated rings. The van der Waals surface area contributed by atoms with Crippen molar-refractivity contribution in [1.82, 2.24) is 0 Å². The number of aryl methyl sites for hydroxylation is 1. The fraction of sp³-hybridized carbons (Fsp3) is 0.531. The number of hydrogen-bond donors (Lipinski definition) is 2. The largest absolute Gasteiger partial charge is 0.491 e. The molecule has 1 saturated carbocycles. The van der Waals surface area contributed by atoms with E-state index in [0.29, 0.717) is 24.4 Å². The second-order valence-electron chi connectivity index (χ2n) is 11.5. The maximum absolute atomic E-state index is 11.9. The van der Waals surface area contributed by atoms with E-state index >= 15 is 0 Å². The predicted octanol–water partition coefficient (Wildman–Crippen LogP) is 6.96. The van der Waals surface area contributed by atoms with Gasteiger partial charge in [0.05, 0.1) is 24.0 Å². The van der Waals surface area contributed by atoms with Crippen molar-refractivity contribution in [2.45, 2.75) is 57.5 Å². The zero-order chi connectivity index (χ0) is 28.2. The molecule has 216 valence electrons. The second-order valence-corrected chi connectivity index (χ2v) is 12.7. The molecule has 0 aromatic heterocycles. The Morgan fingerprint density at radius 3 is 2.77 bits per heavy atom. The molecule has 8 heteroatoms. The zero-order valence-electron chi connectivity index (χ0n) is 23.5. The number of methoxy groups -OCH3 is 1. The Bertz CT molecular complexity index is 1240. The molecule has 6 nitrogen and oxygen atoms in total. The Morgan fingerprint density at radius 2 is 2.10 bits per heavy atom. The van der Waals surface area contributed by atoms with E-state index in [2.05, 4.69) is 30.0 Å². The molecule has 1 heterocycles. The molecule has 1 aliphatic heterocycles. The van der Waals surface area contributed by atoms with Crippen LogP contribution in [0.15, 0.2) is 48.0 Å². The zero-order valence-corrected chi connectivity index (χ0v) is 25.1. The van der Waals surface area contributed by atoms with E-state index in [1.54, 1.807) is 12.1 Å². The van der Waals surface area contributed by atoms with Crippen LogP contribution >= 0.6 is 23.5 Å². The molecule has 0 spiro atoms. The van der Waals surface area contributed by atoms with E-state index in [4.69, 9.17) is 26.2 Å². The Kier molecular flexibility index (Phi) is 9.67. The number of nitrogens with two attached hydrogens (primary N) is 1. The van der Waals surface area contributed by atoms with Gasteiger partial charge in [0.1, 0.15) is 5.75 Å². The monoisotopic (exact) mass is 584 g/mol. The fourth-order valence-electron chi connectivity index (χ4n) is 6.74. The lowest BCUT2D eigenvalue weighted by atomic mass is 9.65. The molecule has 5 atom stereocenters. The molecule has 3 N–H and O–H groups in total. The van der Waals surface area contributed by atoms with Crippen LogP contribution in [0.3, 0.4) is 0 Å². The number of anilines is 1. The van der Waals surface area contributed by atoms with E-state index in [0.717, 1.165) is 73.8 Å². The number of fused-ring (bicyclic) bond motifs is 1. The lowest BCUT2D eigenvalue weighted by Gasteiger charge is -2.46. The number of nitrogens with zero attached hydrogens (tertiary/aromatic N) is 1. The number of allylic oxidation sites excluding steroid dienone is 1. The number of hydrogen-bond acceptors (Lipinski definition) is 6. The Hall–Kier alpha value is -2.19. The van der Waals surface area contributed by atoms with Crippen LogP contribution in [0.4, 0.5) is 5.69 Å². The molecule has 5 rings (SSSR count). The minimum atomic E-state index is -0.924. The first kappa shape index (κ1) is 29.3. The van der Waals surface area contributed by atoms with E-state index < -0.39 is 5.97 Å². The molecule has 0 saturated heterocycles. The predicted molar refractivity (Wildman–Crippen MR) is 164 cm³/mol. The van der Waals surface area contributed by atoms with E-state index in [1.807, 2.05) is 19.2 Å².